The average molecular weight is 309 g/mol. The number of hydrazine groups is 1. The van der Waals surface area contributed by atoms with Gasteiger partial charge in [0.05, 0.1) is 0 Å². The lowest BCUT2D eigenvalue weighted by atomic mass is 10.1. The van der Waals surface area contributed by atoms with Gasteiger partial charge in [0.25, 0.3) is 0 Å². The molecule has 1 aromatic rings. The normalized spacial score (nSPS) is 13.5. The van der Waals surface area contributed by atoms with Crippen molar-refractivity contribution in [2.45, 2.75) is 37.8 Å². The SMILES string of the molecule is NCCCC[C@H](NN[C@@H](Cc1ccccc1)C(=O)O)C(=O)O. The van der Waals surface area contributed by atoms with Gasteiger partial charge in [-0.2, -0.15) is 0 Å². The molecule has 2 atom stereocenters. The minimum atomic E-state index is -1.04. The van der Waals surface area contributed by atoms with Crippen LogP contribution < -0.4 is 16.6 Å². The second kappa shape index (κ2) is 9.88. The predicted molar refractivity (Wildman–Crippen MR) is 82.2 cm³/mol. The molecule has 0 saturated carbocycles. The van der Waals surface area contributed by atoms with Crippen LogP contribution in [0.1, 0.15) is 24.8 Å². The van der Waals surface area contributed by atoms with Gasteiger partial charge in [-0.25, -0.2) is 10.9 Å². The summed E-state index contributed by atoms with van der Waals surface area (Å²) in [6, 6.07) is 7.41. The third kappa shape index (κ3) is 6.66. The molecule has 22 heavy (non-hydrogen) atoms. The molecule has 0 aliphatic heterocycles. The van der Waals surface area contributed by atoms with Gasteiger partial charge in [0.2, 0.25) is 0 Å². The van der Waals surface area contributed by atoms with Crippen LogP contribution in [0.4, 0.5) is 0 Å². The monoisotopic (exact) mass is 309 g/mol. The van der Waals surface area contributed by atoms with E-state index >= 15 is 0 Å². The molecule has 6 N–H and O–H groups in total. The number of nitrogens with two attached hydrogens (primary N) is 1. The van der Waals surface area contributed by atoms with Crippen molar-refractivity contribution >= 4 is 11.9 Å². The number of carboxylic acids is 2. The highest BCUT2D eigenvalue weighted by molar-refractivity contribution is 5.75. The quantitative estimate of drug-likeness (QED) is 0.295. The van der Waals surface area contributed by atoms with E-state index in [1.807, 2.05) is 30.3 Å². The number of aliphatic carboxylic acids is 2. The van der Waals surface area contributed by atoms with Crippen LogP contribution in [0, 0.1) is 0 Å². The number of hydrogen-bond acceptors (Lipinski definition) is 5. The molecule has 0 aliphatic rings. The summed E-state index contributed by atoms with van der Waals surface area (Å²) in [6.07, 6.45) is 2.05. The summed E-state index contributed by atoms with van der Waals surface area (Å²) in [4.78, 5) is 22.4. The summed E-state index contributed by atoms with van der Waals surface area (Å²) >= 11 is 0. The molecule has 0 amide bonds. The largest absolute Gasteiger partial charge is 0.480 e. The van der Waals surface area contributed by atoms with E-state index in [0.29, 0.717) is 19.4 Å². The number of benzene rings is 1. The molecule has 0 unspecified atom stereocenters. The molecule has 122 valence electrons. The van der Waals surface area contributed by atoms with Crippen molar-refractivity contribution in [1.82, 2.24) is 10.9 Å². The van der Waals surface area contributed by atoms with Crippen LogP contribution in [0.5, 0.6) is 0 Å². The highest BCUT2D eigenvalue weighted by Gasteiger charge is 2.22. The van der Waals surface area contributed by atoms with Crippen LogP contribution in [-0.2, 0) is 16.0 Å². The molecule has 0 heterocycles. The van der Waals surface area contributed by atoms with Crippen molar-refractivity contribution in [3.05, 3.63) is 35.9 Å². The first-order valence-corrected chi connectivity index (χ1v) is 7.25. The molecule has 1 aromatic carbocycles. The first-order valence-electron chi connectivity index (χ1n) is 7.25. The van der Waals surface area contributed by atoms with Crippen LogP contribution in [0.2, 0.25) is 0 Å². The molecule has 0 spiro atoms. The molecule has 1 rings (SSSR count). The minimum absolute atomic E-state index is 0.262. The highest BCUT2D eigenvalue weighted by Crippen LogP contribution is 2.04. The fraction of sp³-hybridized carbons (Fsp3) is 0.467. The Morgan fingerprint density at radius 1 is 1.00 bits per heavy atom. The van der Waals surface area contributed by atoms with E-state index in [-0.39, 0.29) is 6.42 Å². The van der Waals surface area contributed by atoms with Gasteiger partial charge >= 0.3 is 11.9 Å². The highest BCUT2D eigenvalue weighted by atomic mass is 16.4. The Balaban J connectivity index is 2.54. The zero-order valence-corrected chi connectivity index (χ0v) is 12.4. The summed E-state index contributed by atoms with van der Waals surface area (Å²) in [5.41, 5.74) is 11.5. The number of rotatable bonds is 11. The maximum absolute atomic E-state index is 11.3. The van der Waals surface area contributed by atoms with Gasteiger partial charge in [-0.05, 0) is 37.8 Å². The Hall–Kier alpha value is -1.96. The van der Waals surface area contributed by atoms with E-state index in [4.69, 9.17) is 10.8 Å². The van der Waals surface area contributed by atoms with E-state index in [1.165, 1.54) is 0 Å². The molecular formula is C15H23N3O4. The van der Waals surface area contributed by atoms with Crippen LogP contribution in [0.25, 0.3) is 0 Å². The zero-order valence-electron chi connectivity index (χ0n) is 12.4. The van der Waals surface area contributed by atoms with Crippen molar-refractivity contribution in [3.8, 4) is 0 Å². The predicted octanol–water partition coefficient (Wildman–Crippen LogP) is 0.359. The Morgan fingerprint density at radius 2 is 1.59 bits per heavy atom. The number of hydrogen-bond donors (Lipinski definition) is 5. The van der Waals surface area contributed by atoms with Gasteiger partial charge in [-0.15, -0.1) is 0 Å². The van der Waals surface area contributed by atoms with E-state index in [1.54, 1.807) is 0 Å². The standard InChI is InChI=1S/C15H23N3O4/c16-9-5-4-8-12(14(19)20)17-18-13(15(21)22)10-11-6-2-1-3-7-11/h1-3,6-7,12-13,17-18H,4-5,8-10,16H2,(H,19,20)(H,21,22)/t12-,13-/m0/s1. The number of unbranched alkanes of at least 4 members (excludes halogenated alkanes) is 1. The topological polar surface area (TPSA) is 125 Å². The lowest BCUT2D eigenvalue weighted by Gasteiger charge is -2.20. The van der Waals surface area contributed by atoms with Gasteiger partial charge in [-0.3, -0.25) is 9.59 Å². The second-order valence-corrected chi connectivity index (χ2v) is 5.04. The summed E-state index contributed by atoms with van der Waals surface area (Å²) in [5.74, 6) is -2.06. The average Bonchev–Trinajstić information content (AvgIpc) is 2.49. The lowest BCUT2D eigenvalue weighted by Crippen LogP contribution is -2.53. The molecule has 0 saturated heterocycles. The Morgan fingerprint density at radius 3 is 2.14 bits per heavy atom. The van der Waals surface area contributed by atoms with Crippen molar-refractivity contribution in [2.75, 3.05) is 6.54 Å². The zero-order chi connectivity index (χ0) is 16.4. The van der Waals surface area contributed by atoms with Gasteiger partial charge in [0, 0.05) is 0 Å². The van der Waals surface area contributed by atoms with Crippen LogP contribution in [0.15, 0.2) is 30.3 Å². The van der Waals surface area contributed by atoms with Gasteiger partial charge < -0.3 is 15.9 Å². The van der Waals surface area contributed by atoms with Crippen LogP contribution in [-0.4, -0.2) is 40.8 Å². The maximum Gasteiger partial charge on any atom is 0.322 e. The third-order valence-electron chi connectivity index (χ3n) is 3.26. The molecule has 0 radical (unpaired) electrons. The summed E-state index contributed by atoms with van der Waals surface area (Å²) in [5, 5.41) is 18.4. The van der Waals surface area contributed by atoms with E-state index < -0.39 is 24.0 Å². The van der Waals surface area contributed by atoms with Crippen molar-refractivity contribution in [2.24, 2.45) is 5.73 Å². The molecule has 0 aliphatic carbocycles. The molecular weight excluding hydrogens is 286 g/mol. The Labute approximate surface area is 129 Å². The van der Waals surface area contributed by atoms with Crippen molar-refractivity contribution < 1.29 is 19.8 Å². The van der Waals surface area contributed by atoms with E-state index in [0.717, 1.165) is 12.0 Å². The first-order chi connectivity index (χ1) is 10.5. The second-order valence-electron chi connectivity index (χ2n) is 5.04. The third-order valence-corrected chi connectivity index (χ3v) is 3.26. The fourth-order valence-corrected chi connectivity index (χ4v) is 2.00. The fourth-order valence-electron chi connectivity index (χ4n) is 2.00. The van der Waals surface area contributed by atoms with Gasteiger partial charge in [-0.1, -0.05) is 30.3 Å². The van der Waals surface area contributed by atoms with Crippen LogP contribution >= 0.6 is 0 Å². The Bertz CT molecular complexity index is 467. The Kier molecular flexibility index (Phi) is 8.13. The first kappa shape index (κ1) is 18.1. The molecule has 7 heteroatoms. The lowest BCUT2D eigenvalue weighted by molar-refractivity contribution is -0.143. The smallest absolute Gasteiger partial charge is 0.322 e. The molecule has 0 aromatic heterocycles. The summed E-state index contributed by atoms with van der Waals surface area (Å²) in [6.45, 7) is 0.505. The van der Waals surface area contributed by atoms with Crippen molar-refractivity contribution in [3.63, 3.8) is 0 Å². The van der Waals surface area contributed by atoms with Crippen molar-refractivity contribution in [1.29, 1.82) is 0 Å². The van der Waals surface area contributed by atoms with Gasteiger partial charge in [0.15, 0.2) is 0 Å². The molecule has 0 fully saturated rings. The van der Waals surface area contributed by atoms with Crippen LogP contribution in [0.3, 0.4) is 0 Å². The molecule has 7 nitrogen and oxygen atoms in total. The molecule has 0 bridgehead atoms. The maximum atomic E-state index is 11.3. The number of carboxylic acid groups (broad SMARTS) is 2. The number of nitrogens with one attached hydrogen (secondary N) is 2. The van der Waals surface area contributed by atoms with Gasteiger partial charge in [0.1, 0.15) is 12.1 Å². The van der Waals surface area contributed by atoms with E-state index in [2.05, 4.69) is 10.9 Å². The minimum Gasteiger partial charge on any atom is -0.480 e. The summed E-state index contributed by atoms with van der Waals surface area (Å²) < 4.78 is 0. The van der Waals surface area contributed by atoms with E-state index in [9.17, 15) is 14.7 Å². The number of carbonyl (C=O) groups is 2. The summed E-state index contributed by atoms with van der Waals surface area (Å²) in [7, 11) is 0.